The molecule has 0 aliphatic rings. The maximum atomic E-state index is 12.1. The molecule has 3 aromatic rings. The van der Waals surface area contributed by atoms with Gasteiger partial charge in [-0.15, -0.1) is 16.4 Å². The number of hydrogen-bond donors (Lipinski definition) is 2. The predicted molar refractivity (Wildman–Crippen MR) is 93.7 cm³/mol. The number of rotatable bonds is 5. The molecule has 0 saturated carbocycles. The summed E-state index contributed by atoms with van der Waals surface area (Å²) < 4.78 is 5.75. The summed E-state index contributed by atoms with van der Waals surface area (Å²) in [7, 11) is 0. The number of benzene rings is 1. The fourth-order valence-electron chi connectivity index (χ4n) is 2.15. The van der Waals surface area contributed by atoms with Crippen LogP contribution in [0.3, 0.4) is 0 Å². The molecule has 2 N–H and O–H groups in total. The maximum Gasteiger partial charge on any atom is 0.412 e. The minimum atomic E-state index is -0.618. The van der Waals surface area contributed by atoms with E-state index in [4.69, 9.17) is 4.74 Å². The molecule has 0 bridgehead atoms. The van der Waals surface area contributed by atoms with Crippen LogP contribution in [0.5, 0.6) is 0 Å². The summed E-state index contributed by atoms with van der Waals surface area (Å²) in [5.74, 6) is -0.0633. The molecule has 0 fully saturated rings. The number of thiazole rings is 1. The third-order valence-electron chi connectivity index (χ3n) is 3.11. The van der Waals surface area contributed by atoms with Gasteiger partial charge < -0.3 is 10.1 Å². The largest absolute Gasteiger partial charge is 0.450 e. The van der Waals surface area contributed by atoms with Crippen LogP contribution in [0.4, 0.5) is 16.3 Å². The molecule has 10 heteroatoms. The second-order valence-corrected chi connectivity index (χ2v) is 6.30. The Balaban J connectivity index is 1.60. The number of aromatic nitrogens is 4. The average molecular weight is 360 g/mol. The Kier molecular flexibility index (Phi) is 4.89. The lowest BCUT2D eigenvalue weighted by atomic mass is 10.3. The lowest BCUT2D eigenvalue weighted by molar-refractivity contribution is -0.117. The van der Waals surface area contributed by atoms with Crippen LogP contribution in [0.25, 0.3) is 10.2 Å². The molecule has 3 rings (SSSR count). The van der Waals surface area contributed by atoms with E-state index in [0.29, 0.717) is 5.69 Å². The Morgan fingerprint density at radius 3 is 2.96 bits per heavy atom. The first-order chi connectivity index (χ1) is 12.0. The number of hydrogen-bond acceptors (Lipinski definition) is 7. The van der Waals surface area contributed by atoms with Crippen molar-refractivity contribution in [2.24, 2.45) is 0 Å². The lowest BCUT2D eigenvalue weighted by Gasteiger charge is -2.04. The number of amides is 2. The van der Waals surface area contributed by atoms with Crippen molar-refractivity contribution < 1.29 is 14.3 Å². The Morgan fingerprint density at radius 1 is 1.32 bits per heavy atom. The molecule has 0 radical (unpaired) electrons. The topological polar surface area (TPSA) is 111 Å². The van der Waals surface area contributed by atoms with Gasteiger partial charge in [-0.1, -0.05) is 0 Å². The monoisotopic (exact) mass is 360 g/mol. The van der Waals surface area contributed by atoms with E-state index in [1.54, 1.807) is 24.3 Å². The first-order valence-electron chi connectivity index (χ1n) is 7.54. The summed E-state index contributed by atoms with van der Waals surface area (Å²) in [6.07, 6.45) is 0.725. The molecule has 25 heavy (non-hydrogen) atoms. The summed E-state index contributed by atoms with van der Waals surface area (Å²) in [5.41, 5.74) is 1.59. The fourth-order valence-corrected chi connectivity index (χ4v) is 3.02. The third-order valence-corrected chi connectivity index (χ3v) is 4.04. The van der Waals surface area contributed by atoms with E-state index in [9.17, 15) is 9.59 Å². The van der Waals surface area contributed by atoms with Gasteiger partial charge in [-0.25, -0.2) is 9.78 Å². The van der Waals surface area contributed by atoms with Crippen LogP contribution in [0, 0.1) is 6.92 Å². The molecule has 2 heterocycles. The van der Waals surface area contributed by atoms with Gasteiger partial charge in [0.1, 0.15) is 6.54 Å². The van der Waals surface area contributed by atoms with Gasteiger partial charge in [0.25, 0.3) is 0 Å². The lowest BCUT2D eigenvalue weighted by Crippen LogP contribution is -2.20. The van der Waals surface area contributed by atoms with Crippen LogP contribution < -0.4 is 10.6 Å². The second kappa shape index (κ2) is 7.26. The summed E-state index contributed by atoms with van der Waals surface area (Å²) in [4.78, 5) is 29.0. The number of nitrogens with zero attached hydrogens (tertiary/aromatic N) is 4. The van der Waals surface area contributed by atoms with Crippen molar-refractivity contribution in [3.05, 3.63) is 29.4 Å². The molecule has 0 aliphatic heterocycles. The minimum Gasteiger partial charge on any atom is -0.450 e. The maximum absolute atomic E-state index is 12.1. The van der Waals surface area contributed by atoms with Crippen molar-refractivity contribution >= 4 is 45.1 Å². The molecule has 0 aliphatic carbocycles. The summed E-state index contributed by atoms with van der Waals surface area (Å²) >= 11 is 1.57. The van der Waals surface area contributed by atoms with Gasteiger partial charge in [-0.05, 0) is 32.0 Å². The van der Waals surface area contributed by atoms with Crippen molar-refractivity contribution in [1.82, 2.24) is 20.0 Å². The zero-order valence-corrected chi connectivity index (χ0v) is 14.5. The van der Waals surface area contributed by atoms with Crippen LogP contribution >= 0.6 is 11.3 Å². The molecule has 0 unspecified atom stereocenters. The molecular weight excluding hydrogens is 344 g/mol. The smallest absolute Gasteiger partial charge is 0.412 e. The van der Waals surface area contributed by atoms with Crippen molar-refractivity contribution in [3.8, 4) is 0 Å². The van der Waals surface area contributed by atoms with Crippen molar-refractivity contribution in [2.45, 2.75) is 20.4 Å². The quantitative estimate of drug-likeness (QED) is 0.723. The number of carbonyl (C=O) groups is 2. The molecule has 0 atom stereocenters. The van der Waals surface area contributed by atoms with Crippen LogP contribution in [-0.2, 0) is 16.1 Å². The van der Waals surface area contributed by atoms with E-state index < -0.39 is 6.09 Å². The van der Waals surface area contributed by atoms with Gasteiger partial charge in [0, 0.05) is 5.69 Å². The van der Waals surface area contributed by atoms with E-state index in [0.717, 1.165) is 15.2 Å². The highest BCUT2D eigenvalue weighted by molar-refractivity contribution is 7.18. The normalized spacial score (nSPS) is 10.6. The van der Waals surface area contributed by atoms with Gasteiger partial charge in [-0.2, -0.15) is 9.90 Å². The number of nitrogens with one attached hydrogen (secondary N) is 2. The fraction of sp³-hybridized carbons (Fsp3) is 0.267. The average Bonchev–Trinajstić information content (AvgIpc) is 3.12. The van der Waals surface area contributed by atoms with E-state index >= 15 is 0 Å². The van der Waals surface area contributed by atoms with Gasteiger partial charge >= 0.3 is 6.09 Å². The second-order valence-electron chi connectivity index (χ2n) is 5.07. The Morgan fingerprint density at radius 2 is 2.16 bits per heavy atom. The van der Waals surface area contributed by atoms with Crippen molar-refractivity contribution in [3.63, 3.8) is 0 Å². The highest BCUT2D eigenvalue weighted by atomic mass is 32.1. The molecule has 130 valence electrons. The van der Waals surface area contributed by atoms with E-state index in [-0.39, 0.29) is 24.9 Å². The van der Waals surface area contributed by atoms with Gasteiger partial charge in [0.2, 0.25) is 5.91 Å². The van der Waals surface area contributed by atoms with Crippen LogP contribution in [0.15, 0.2) is 24.4 Å². The molecular formula is C15H16N6O3S. The number of aryl methyl sites for hydroxylation is 1. The first kappa shape index (κ1) is 16.8. The molecule has 1 aromatic carbocycles. The predicted octanol–water partition coefficient (Wildman–Crippen LogP) is 2.40. The first-order valence-corrected chi connectivity index (χ1v) is 8.36. The zero-order chi connectivity index (χ0) is 17.8. The molecule has 9 nitrogen and oxygen atoms in total. The standard InChI is InChI=1S/C15H16N6O3S/c1-3-24-15(23)19-13-7-16-21(20-13)8-14(22)18-10-4-5-11-12(6-10)25-9(2)17-11/h4-7H,3,8H2,1-2H3,(H,18,22)(H,19,20,23). The molecule has 0 saturated heterocycles. The summed E-state index contributed by atoms with van der Waals surface area (Å²) in [6, 6.07) is 5.54. The van der Waals surface area contributed by atoms with Gasteiger partial charge in [0.05, 0.1) is 28.0 Å². The van der Waals surface area contributed by atoms with Crippen molar-refractivity contribution in [1.29, 1.82) is 0 Å². The Hall–Kier alpha value is -3.01. The summed E-state index contributed by atoms with van der Waals surface area (Å²) in [6.45, 7) is 3.82. The minimum absolute atomic E-state index is 0.0791. The zero-order valence-electron chi connectivity index (χ0n) is 13.6. The van der Waals surface area contributed by atoms with Crippen LogP contribution in [0.1, 0.15) is 11.9 Å². The number of fused-ring (bicyclic) bond motifs is 1. The van der Waals surface area contributed by atoms with Crippen molar-refractivity contribution in [2.75, 3.05) is 17.2 Å². The Bertz CT molecular complexity index is 919. The van der Waals surface area contributed by atoms with E-state index in [2.05, 4.69) is 25.8 Å². The van der Waals surface area contributed by atoms with Gasteiger partial charge in [0.15, 0.2) is 5.82 Å². The van der Waals surface area contributed by atoms with Gasteiger partial charge in [-0.3, -0.25) is 10.1 Å². The van der Waals surface area contributed by atoms with E-state index in [1.165, 1.54) is 11.0 Å². The number of carbonyl (C=O) groups excluding carboxylic acids is 2. The highest BCUT2D eigenvalue weighted by Crippen LogP contribution is 2.24. The van der Waals surface area contributed by atoms with Crippen LogP contribution in [-0.4, -0.2) is 38.6 Å². The highest BCUT2D eigenvalue weighted by Gasteiger charge is 2.10. The third kappa shape index (κ3) is 4.29. The number of anilines is 2. The number of ether oxygens (including phenoxy) is 1. The SMILES string of the molecule is CCOC(=O)Nc1cnn(CC(=O)Nc2ccc3nc(C)sc3c2)n1. The van der Waals surface area contributed by atoms with E-state index in [1.807, 2.05) is 19.1 Å². The molecule has 2 amide bonds. The molecule has 0 spiro atoms. The molecule has 2 aromatic heterocycles. The van der Waals surface area contributed by atoms with Crippen LogP contribution in [0.2, 0.25) is 0 Å². The Labute approximate surface area is 147 Å². The summed E-state index contributed by atoms with van der Waals surface area (Å²) in [5, 5.41) is 14.1.